The molecule has 0 spiro atoms. The Bertz CT molecular complexity index is 703. The third-order valence-electron chi connectivity index (χ3n) is 3.17. The van der Waals surface area contributed by atoms with Crippen LogP contribution in [0.4, 0.5) is 0 Å². The van der Waals surface area contributed by atoms with Gasteiger partial charge in [-0.15, -0.1) is 0 Å². The number of carboxylic acid groups (broad SMARTS) is 2. The van der Waals surface area contributed by atoms with E-state index in [-0.39, 0.29) is 0 Å². The number of nitrogens with zero attached hydrogens (tertiary/aromatic N) is 1. The van der Waals surface area contributed by atoms with E-state index in [0.29, 0.717) is 12.2 Å². The van der Waals surface area contributed by atoms with Crippen LogP contribution in [0, 0.1) is 0 Å². The van der Waals surface area contributed by atoms with Gasteiger partial charge in [-0.1, -0.05) is 0 Å². The van der Waals surface area contributed by atoms with Gasteiger partial charge in [-0.25, -0.2) is 9.59 Å². The number of aromatic nitrogens is 1. The summed E-state index contributed by atoms with van der Waals surface area (Å²) < 4.78 is 5.20. The van der Waals surface area contributed by atoms with E-state index in [4.69, 9.17) is 14.9 Å². The number of methoxy groups -OCH3 is 1. The summed E-state index contributed by atoms with van der Waals surface area (Å²) in [7, 11) is 5.88. The maximum Gasteiger partial charge on any atom is 0.328 e. The molecule has 0 fully saturated rings. The van der Waals surface area contributed by atoms with Crippen molar-refractivity contribution in [2.75, 3.05) is 27.7 Å². The molecule has 1 aromatic carbocycles. The van der Waals surface area contributed by atoms with Gasteiger partial charge in [0, 0.05) is 41.9 Å². The number of nitrogens with one attached hydrogen (secondary N) is 1. The van der Waals surface area contributed by atoms with Crippen molar-refractivity contribution in [2.24, 2.45) is 0 Å². The molecule has 0 aliphatic rings. The van der Waals surface area contributed by atoms with Gasteiger partial charge in [0.2, 0.25) is 0 Å². The van der Waals surface area contributed by atoms with Crippen LogP contribution in [-0.4, -0.2) is 59.8 Å². The van der Waals surface area contributed by atoms with Crippen LogP contribution in [0.2, 0.25) is 0 Å². The Morgan fingerprint density at radius 2 is 1.83 bits per heavy atom. The predicted molar refractivity (Wildman–Crippen MR) is 91.5 cm³/mol. The molecule has 24 heavy (non-hydrogen) atoms. The van der Waals surface area contributed by atoms with Crippen molar-refractivity contribution < 1.29 is 24.5 Å². The Morgan fingerprint density at radius 3 is 2.33 bits per heavy atom. The van der Waals surface area contributed by atoms with Gasteiger partial charge in [0.1, 0.15) is 5.75 Å². The number of H-pyrrole nitrogens is 1. The lowest BCUT2D eigenvalue weighted by atomic mass is 10.1. The second-order valence-electron chi connectivity index (χ2n) is 5.29. The van der Waals surface area contributed by atoms with Gasteiger partial charge < -0.3 is 24.8 Å². The van der Waals surface area contributed by atoms with Gasteiger partial charge in [0.15, 0.2) is 0 Å². The number of likely N-dealkylation sites (N-methyl/N-ethyl adjacent to an activating group) is 1. The van der Waals surface area contributed by atoms with Crippen molar-refractivity contribution in [1.82, 2.24) is 9.88 Å². The van der Waals surface area contributed by atoms with Crippen LogP contribution in [0.15, 0.2) is 36.5 Å². The van der Waals surface area contributed by atoms with Gasteiger partial charge in [-0.3, -0.25) is 0 Å². The summed E-state index contributed by atoms with van der Waals surface area (Å²) in [6.45, 7) is 1.07. The summed E-state index contributed by atoms with van der Waals surface area (Å²) in [5, 5.41) is 16.9. The van der Waals surface area contributed by atoms with Gasteiger partial charge >= 0.3 is 11.9 Å². The van der Waals surface area contributed by atoms with E-state index in [1.54, 1.807) is 7.11 Å². The molecule has 130 valence electrons. The van der Waals surface area contributed by atoms with E-state index < -0.39 is 11.9 Å². The van der Waals surface area contributed by atoms with E-state index in [1.807, 2.05) is 12.1 Å². The molecule has 7 heteroatoms. The Hall–Kier alpha value is -2.80. The lowest BCUT2D eigenvalue weighted by Crippen LogP contribution is -2.14. The molecular formula is C17H22N2O5. The van der Waals surface area contributed by atoms with E-state index in [1.165, 1.54) is 10.9 Å². The van der Waals surface area contributed by atoms with Gasteiger partial charge in [0.05, 0.1) is 7.11 Å². The van der Waals surface area contributed by atoms with Crippen LogP contribution >= 0.6 is 0 Å². The summed E-state index contributed by atoms with van der Waals surface area (Å²) >= 11 is 0. The number of hydrogen-bond donors (Lipinski definition) is 3. The monoisotopic (exact) mass is 334 g/mol. The number of aliphatic carboxylic acids is 2. The first-order valence-corrected chi connectivity index (χ1v) is 7.26. The van der Waals surface area contributed by atoms with E-state index in [9.17, 15) is 9.59 Å². The molecule has 0 atom stereocenters. The van der Waals surface area contributed by atoms with Crippen LogP contribution in [0.1, 0.15) is 5.56 Å². The van der Waals surface area contributed by atoms with Crippen LogP contribution < -0.4 is 4.74 Å². The molecule has 3 N–H and O–H groups in total. The van der Waals surface area contributed by atoms with Crippen molar-refractivity contribution >= 4 is 22.8 Å². The first-order chi connectivity index (χ1) is 11.3. The van der Waals surface area contributed by atoms with Crippen LogP contribution in [-0.2, 0) is 16.0 Å². The largest absolute Gasteiger partial charge is 0.497 e. The average Bonchev–Trinajstić information content (AvgIpc) is 2.93. The zero-order valence-corrected chi connectivity index (χ0v) is 13.9. The lowest BCUT2D eigenvalue weighted by molar-refractivity contribution is -0.134. The zero-order valence-electron chi connectivity index (χ0n) is 13.9. The highest BCUT2D eigenvalue weighted by Gasteiger charge is 2.04. The van der Waals surface area contributed by atoms with E-state index in [0.717, 1.165) is 24.2 Å². The third-order valence-corrected chi connectivity index (χ3v) is 3.17. The molecule has 0 aliphatic carbocycles. The Kier molecular flexibility index (Phi) is 7.51. The number of benzene rings is 1. The fourth-order valence-corrected chi connectivity index (χ4v) is 1.99. The number of rotatable bonds is 6. The van der Waals surface area contributed by atoms with Gasteiger partial charge in [-0.05, 0) is 38.2 Å². The number of hydrogen-bond acceptors (Lipinski definition) is 4. The molecule has 0 unspecified atom stereocenters. The SMILES string of the molecule is COc1ccc2c(CCN(C)C)c[nH]c2c1.O=C(O)/C=C/C(=O)O. The summed E-state index contributed by atoms with van der Waals surface area (Å²) in [5.41, 5.74) is 2.51. The van der Waals surface area contributed by atoms with Crippen LogP contribution in [0.25, 0.3) is 10.9 Å². The second kappa shape index (κ2) is 9.36. The molecule has 2 rings (SSSR count). The number of aromatic amines is 1. The normalized spacial score (nSPS) is 10.7. The molecule has 0 aliphatic heterocycles. The summed E-state index contributed by atoms with van der Waals surface area (Å²) in [5.74, 6) is -1.62. The molecule has 0 radical (unpaired) electrons. The molecule has 0 bridgehead atoms. The first kappa shape index (κ1) is 19.2. The minimum atomic E-state index is -1.26. The maximum absolute atomic E-state index is 9.55. The van der Waals surface area contributed by atoms with E-state index in [2.05, 4.69) is 36.2 Å². The topological polar surface area (TPSA) is 103 Å². The van der Waals surface area contributed by atoms with Crippen LogP contribution in [0.3, 0.4) is 0 Å². The molecule has 0 amide bonds. The molecule has 0 saturated heterocycles. The number of carboxylic acids is 2. The van der Waals surface area contributed by atoms with Crippen molar-refractivity contribution in [3.63, 3.8) is 0 Å². The summed E-state index contributed by atoms with van der Waals surface area (Å²) in [6, 6.07) is 6.17. The van der Waals surface area contributed by atoms with Gasteiger partial charge in [0.25, 0.3) is 0 Å². The highest BCUT2D eigenvalue weighted by Crippen LogP contribution is 2.23. The molecular weight excluding hydrogens is 312 g/mol. The Morgan fingerprint density at radius 1 is 1.21 bits per heavy atom. The standard InChI is InChI=1S/C13H18N2O.C4H4O4/c1-15(2)7-6-10-9-14-13-8-11(16-3)4-5-12(10)13;5-3(6)1-2-4(7)8/h4-5,8-9,14H,6-7H2,1-3H3;1-2H,(H,5,6)(H,7,8)/b;2-1+. The van der Waals surface area contributed by atoms with Crippen molar-refractivity contribution in [3.8, 4) is 5.75 Å². The molecule has 7 nitrogen and oxygen atoms in total. The fraction of sp³-hybridized carbons (Fsp3) is 0.294. The molecule has 1 heterocycles. The first-order valence-electron chi connectivity index (χ1n) is 7.26. The smallest absolute Gasteiger partial charge is 0.328 e. The minimum Gasteiger partial charge on any atom is -0.497 e. The number of ether oxygens (including phenoxy) is 1. The quantitative estimate of drug-likeness (QED) is 0.698. The maximum atomic E-state index is 9.55. The summed E-state index contributed by atoms with van der Waals surface area (Å²) in [4.78, 5) is 24.6. The highest BCUT2D eigenvalue weighted by molar-refractivity contribution is 5.89. The number of carbonyl (C=O) groups is 2. The predicted octanol–water partition coefficient (Wildman–Crippen LogP) is 1.99. The Labute approximate surface area is 140 Å². The second-order valence-corrected chi connectivity index (χ2v) is 5.29. The van der Waals surface area contributed by atoms with Gasteiger partial charge in [-0.2, -0.15) is 0 Å². The molecule has 0 saturated carbocycles. The molecule has 1 aromatic heterocycles. The molecule has 2 aromatic rings. The minimum absolute atomic E-state index is 0.558. The third kappa shape index (κ3) is 6.53. The highest BCUT2D eigenvalue weighted by atomic mass is 16.5. The van der Waals surface area contributed by atoms with Crippen molar-refractivity contribution in [1.29, 1.82) is 0 Å². The average molecular weight is 334 g/mol. The lowest BCUT2D eigenvalue weighted by Gasteiger charge is -2.08. The fourth-order valence-electron chi connectivity index (χ4n) is 1.99. The zero-order chi connectivity index (χ0) is 18.1. The number of fused-ring (bicyclic) bond motifs is 1. The summed E-state index contributed by atoms with van der Waals surface area (Å²) in [6.07, 6.45) is 4.28. The van der Waals surface area contributed by atoms with Crippen LogP contribution in [0.5, 0.6) is 5.75 Å². The van der Waals surface area contributed by atoms with Crippen molar-refractivity contribution in [2.45, 2.75) is 6.42 Å². The Balaban J connectivity index is 0.000000307. The van der Waals surface area contributed by atoms with E-state index >= 15 is 0 Å². The van der Waals surface area contributed by atoms with Crippen molar-refractivity contribution in [3.05, 3.63) is 42.1 Å².